The first-order valence-corrected chi connectivity index (χ1v) is 6.84. The van der Waals surface area contributed by atoms with Crippen LogP contribution >= 0.6 is 0 Å². The average molecular weight is 220 g/mol. The van der Waals surface area contributed by atoms with E-state index in [9.17, 15) is 8.42 Å². The van der Waals surface area contributed by atoms with Crippen LogP contribution in [0.5, 0.6) is 0 Å². The van der Waals surface area contributed by atoms with Crippen molar-refractivity contribution in [1.29, 1.82) is 0 Å². The first-order valence-electron chi connectivity index (χ1n) is 5.23. The van der Waals surface area contributed by atoms with Crippen molar-refractivity contribution in [1.82, 2.24) is 9.21 Å². The van der Waals surface area contributed by atoms with Gasteiger partial charge in [0.1, 0.15) is 0 Å². The monoisotopic (exact) mass is 220 g/mol. The van der Waals surface area contributed by atoms with Crippen molar-refractivity contribution in [3.8, 4) is 0 Å². The molecule has 1 heterocycles. The molecule has 14 heavy (non-hydrogen) atoms. The Morgan fingerprint density at radius 2 is 1.93 bits per heavy atom. The number of rotatable bonds is 3. The van der Waals surface area contributed by atoms with E-state index in [0.717, 1.165) is 19.6 Å². The molecular weight excluding hydrogens is 200 g/mol. The van der Waals surface area contributed by atoms with Gasteiger partial charge < -0.3 is 4.90 Å². The molecule has 1 aliphatic rings. The summed E-state index contributed by atoms with van der Waals surface area (Å²) in [5.74, 6) is 0.212. The van der Waals surface area contributed by atoms with E-state index in [4.69, 9.17) is 0 Å². The van der Waals surface area contributed by atoms with Gasteiger partial charge in [-0.25, -0.2) is 8.42 Å². The lowest BCUT2D eigenvalue weighted by molar-refractivity contribution is 0.150. The van der Waals surface area contributed by atoms with Gasteiger partial charge in [0.2, 0.25) is 10.0 Å². The highest BCUT2D eigenvalue weighted by molar-refractivity contribution is 7.89. The minimum absolute atomic E-state index is 0.119. The van der Waals surface area contributed by atoms with Crippen molar-refractivity contribution in [2.45, 2.75) is 26.8 Å². The van der Waals surface area contributed by atoms with E-state index >= 15 is 0 Å². The van der Waals surface area contributed by atoms with Gasteiger partial charge in [-0.15, -0.1) is 0 Å². The summed E-state index contributed by atoms with van der Waals surface area (Å²) >= 11 is 0. The van der Waals surface area contributed by atoms with Crippen molar-refractivity contribution in [3.63, 3.8) is 0 Å². The molecule has 84 valence electrons. The highest BCUT2D eigenvalue weighted by Crippen LogP contribution is 2.13. The topological polar surface area (TPSA) is 40.6 Å². The molecule has 0 amide bonds. The molecule has 0 saturated carbocycles. The van der Waals surface area contributed by atoms with Crippen LogP contribution in [-0.2, 0) is 10.0 Å². The third kappa shape index (κ3) is 2.46. The van der Waals surface area contributed by atoms with Gasteiger partial charge in [-0.2, -0.15) is 4.31 Å². The molecule has 1 rings (SSSR count). The average Bonchev–Trinajstić information content (AvgIpc) is 2.17. The SMILES string of the molecule is CCN1CCN(S(=O)(=O)CC)C(C)C1. The van der Waals surface area contributed by atoms with Crippen molar-refractivity contribution in [2.75, 3.05) is 31.9 Å². The van der Waals surface area contributed by atoms with Crippen LogP contribution in [0.25, 0.3) is 0 Å². The van der Waals surface area contributed by atoms with Gasteiger partial charge in [0.15, 0.2) is 0 Å². The van der Waals surface area contributed by atoms with Crippen LogP contribution in [0.15, 0.2) is 0 Å². The number of likely N-dealkylation sites (N-methyl/N-ethyl adjacent to an activating group) is 1. The van der Waals surface area contributed by atoms with Crippen LogP contribution in [0.1, 0.15) is 20.8 Å². The van der Waals surface area contributed by atoms with Crippen LogP contribution in [-0.4, -0.2) is 55.6 Å². The van der Waals surface area contributed by atoms with E-state index < -0.39 is 10.0 Å². The molecule has 0 aliphatic carbocycles. The minimum Gasteiger partial charge on any atom is -0.301 e. The number of hydrogen-bond acceptors (Lipinski definition) is 3. The molecule has 1 aliphatic heterocycles. The standard InChI is InChI=1S/C9H20N2O2S/c1-4-10-6-7-11(9(3)8-10)14(12,13)5-2/h9H,4-8H2,1-3H3. The third-order valence-electron chi connectivity index (χ3n) is 2.82. The summed E-state index contributed by atoms with van der Waals surface area (Å²) < 4.78 is 25.0. The fourth-order valence-corrected chi connectivity index (χ4v) is 3.19. The van der Waals surface area contributed by atoms with E-state index in [2.05, 4.69) is 11.8 Å². The lowest BCUT2D eigenvalue weighted by atomic mass is 10.2. The van der Waals surface area contributed by atoms with Crippen molar-refractivity contribution < 1.29 is 8.42 Å². The Hall–Kier alpha value is -0.130. The van der Waals surface area contributed by atoms with Crippen molar-refractivity contribution in [3.05, 3.63) is 0 Å². The molecule has 0 N–H and O–H groups in total. The Bertz CT molecular complexity index is 277. The van der Waals surface area contributed by atoms with Gasteiger partial charge in [-0.05, 0) is 20.4 Å². The number of nitrogens with zero attached hydrogens (tertiary/aromatic N) is 2. The van der Waals surface area contributed by atoms with Gasteiger partial charge in [0.25, 0.3) is 0 Å². The number of piperazine rings is 1. The van der Waals surface area contributed by atoms with Gasteiger partial charge in [-0.1, -0.05) is 6.92 Å². The molecule has 1 unspecified atom stereocenters. The molecule has 5 heteroatoms. The summed E-state index contributed by atoms with van der Waals surface area (Å²) in [6, 6.07) is 0.119. The molecule has 0 aromatic heterocycles. The zero-order chi connectivity index (χ0) is 10.8. The first kappa shape index (κ1) is 11.9. The van der Waals surface area contributed by atoms with Gasteiger partial charge in [0, 0.05) is 25.7 Å². The highest BCUT2D eigenvalue weighted by Gasteiger charge is 2.30. The Morgan fingerprint density at radius 3 is 2.36 bits per heavy atom. The van der Waals surface area contributed by atoms with Gasteiger partial charge in [-0.3, -0.25) is 0 Å². The zero-order valence-electron chi connectivity index (χ0n) is 9.23. The summed E-state index contributed by atoms with van der Waals surface area (Å²) in [4.78, 5) is 2.28. The molecule has 1 atom stereocenters. The highest BCUT2D eigenvalue weighted by atomic mass is 32.2. The van der Waals surface area contributed by atoms with E-state index in [0.29, 0.717) is 6.54 Å². The zero-order valence-corrected chi connectivity index (χ0v) is 10.0. The minimum atomic E-state index is -3.00. The maximum atomic E-state index is 11.7. The smallest absolute Gasteiger partial charge is 0.214 e. The molecule has 4 nitrogen and oxygen atoms in total. The van der Waals surface area contributed by atoms with E-state index in [1.807, 2.05) is 6.92 Å². The molecule has 1 fully saturated rings. The van der Waals surface area contributed by atoms with Crippen molar-refractivity contribution >= 4 is 10.0 Å². The second kappa shape index (κ2) is 4.59. The molecule has 0 bridgehead atoms. The Labute approximate surface area is 86.9 Å². The Morgan fingerprint density at radius 1 is 1.29 bits per heavy atom. The number of sulfonamides is 1. The predicted octanol–water partition coefficient (Wildman–Crippen LogP) is 0.362. The summed E-state index contributed by atoms with van der Waals surface area (Å²) in [7, 11) is -3.00. The van der Waals surface area contributed by atoms with Crippen LogP contribution in [0.2, 0.25) is 0 Å². The molecule has 0 aromatic carbocycles. The molecule has 0 radical (unpaired) electrons. The maximum absolute atomic E-state index is 11.7. The first-order chi connectivity index (χ1) is 6.51. The van der Waals surface area contributed by atoms with Crippen LogP contribution in [0, 0.1) is 0 Å². The van der Waals surface area contributed by atoms with E-state index in [1.54, 1.807) is 11.2 Å². The van der Waals surface area contributed by atoms with Crippen LogP contribution in [0.3, 0.4) is 0 Å². The summed E-state index contributed by atoms with van der Waals surface area (Å²) in [6.07, 6.45) is 0. The second-order valence-corrected chi connectivity index (χ2v) is 5.96. The summed E-state index contributed by atoms with van der Waals surface area (Å²) in [5, 5.41) is 0. The Kier molecular flexibility index (Phi) is 3.92. The summed E-state index contributed by atoms with van der Waals surface area (Å²) in [6.45, 7) is 9.16. The largest absolute Gasteiger partial charge is 0.301 e. The Balaban J connectivity index is 2.67. The van der Waals surface area contributed by atoms with Crippen LogP contribution in [0.4, 0.5) is 0 Å². The summed E-state index contributed by atoms with van der Waals surface area (Å²) in [5.41, 5.74) is 0. The quantitative estimate of drug-likeness (QED) is 0.689. The third-order valence-corrected chi connectivity index (χ3v) is 4.81. The molecule has 1 saturated heterocycles. The fraction of sp³-hybridized carbons (Fsp3) is 1.00. The molecular formula is C9H20N2O2S. The predicted molar refractivity (Wildman–Crippen MR) is 57.7 cm³/mol. The van der Waals surface area contributed by atoms with Gasteiger partial charge >= 0.3 is 0 Å². The van der Waals surface area contributed by atoms with Gasteiger partial charge in [0.05, 0.1) is 5.75 Å². The van der Waals surface area contributed by atoms with E-state index in [-0.39, 0.29) is 11.8 Å². The number of hydrogen-bond donors (Lipinski definition) is 0. The normalized spacial score (nSPS) is 26.6. The molecule has 0 spiro atoms. The fourth-order valence-electron chi connectivity index (χ4n) is 1.88. The lowest BCUT2D eigenvalue weighted by Crippen LogP contribution is -2.54. The van der Waals surface area contributed by atoms with E-state index in [1.165, 1.54) is 0 Å². The van der Waals surface area contributed by atoms with Crippen molar-refractivity contribution in [2.24, 2.45) is 0 Å². The lowest BCUT2D eigenvalue weighted by Gasteiger charge is -2.38. The molecule has 0 aromatic rings. The van der Waals surface area contributed by atoms with Crippen LogP contribution < -0.4 is 0 Å². The second-order valence-electron chi connectivity index (χ2n) is 3.75. The maximum Gasteiger partial charge on any atom is 0.214 e.